The Morgan fingerprint density at radius 2 is 1.62 bits per heavy atom. The van der Waals surface area contributed by atoms with Gasteiger partial charge in [-0.1, -0.05) is 6.92 Å². The first kappa shape index (κ1) is 19.6. The molecule has 2 aromatic rings. The number of hydrogen-bond donors (Lipinski definition) is 0. The lowest BCUT2D eigenvalue weighted by molar-refractivity contribution is 0.0697. The molecular formula is C23H30N4O2. The Balaban J connectivity index is 1.38. The van der Waals surface area contributed by atoms with Crippen molar-refractivity contribution in [1.29, 1.82) is 0 Å². The zero-order valence-corrected chi connectivity index (χ0v) is 17.4. The van der Waals surface area contributed by atoms with Gasteiger partial charge in [0.05, 0.1) is 7.11 Å². The summed E-state index contributed by atoms with van der Waals surface area (Å²) in [5.41, 5.74) is 1.96. The van der Waals surface area contributed by atoms with Crippen molar-refractivity contribution in [2.75, 3.05) is 56.2 Å². The second kappa shape index (κ2) is 8.72. The van der Waals surface area contributed by atoms with Crippen LogP contribution in [0.1, 0.15) is 30.1 Å². The summed E-state index contributed by atoms with van der Waals surface area (Å²) in [5.74, 6) is 2.63. The van der Waals surface area contributed by atoms with E-state index in [1.165, 1.54) is 5.69 Å². The van der Waals surface area contributed by atoms with Gasteiger partial charge in [-0.3, -0.25) is 4.79 Å². The van der Waals surface area contributed by atoms with Gasteiger partial charge in [0.1, 0.15) is 11.6 Å². The van der Waals surface area contributed by atoms with Gasteiger partial charge in [-0.2, -0.15) is 0 Å². The van der Waals surface area contributed by atoms with Crippen LogP contribution < -0.4 is 14.5 Å². The highest BCUT2D eigenvalue weighted by Crippen LogP contribution is 2.23. The van der Waals surface area contributed by atoms with Crippen LogP contribution >= 0.6 is 0 Å². The van der Waals surface area contributed by atoms with Crippen molar-refractivity contribution in [3.8, 4) is 5.75 Å². The lowest BCUT2D eigenvalue weighted by Gasteiger charge is -2.37. The van der Waals surface area contributed by atoms with Gasteiger partial charge >= 0.3 is 0 Å². The number of hydrogen-bond acceptors (Lipinski definition) is 5. The Bertz CT molecular complexity index is 823. The standard InChI is InChI=1S/C23H30N4O2/c1-18-8-11-27(12-9-18)23(28)19-7-10-24-22(17-19)26-15-13-25(14-16-26)20-3-5-21(29-2)6-4-20/h3-7,10,17-18H,8-9,11-16H2,1-2H3. The van der Waals surface area contributed by atoms with Crippen molar-refractivity contribution in [2.45, 2.75) is 19.8 Å². The van der Waals surface area contributed by atoms with E-state index >= 15 is 0 Å². The van der Waals surface area contributed by atoms with Gasteiger partial charge in [0, 0.05) is 56.7 Å². The van der Waals surface area contributed by atoms with Gasteiger partial charge in [-0.25, -0.2) is 4.98 Å². The van der Waals surface area contributed by atoms with E-state index in [1.807, 2.05) is 29.2 Å². The molecule has 0 aliphatic carbocycles. The summed E-state index contributed by atoms with van der Waals surface area (Å²) in [6, 6.07) is 12.0. The summed E-state index contributed by atoms with van der Waals surface area (Å²) in [5, 5.41) is 0. The van der Waals surface area contributed by atoms with Crippen LogP contribution in [-0.2, 0) is 0 Å². The van der Waals surface area contributed by atoms with Crippen LogP contribution in [0, 0.1) is 5.92 Å². The number of aromatic nitrogens is 1. The molecule has 0 radical (unpaired) electrons. The van der Waals surface area contributed by atoms with Crippen molar-refractivity contribution < 1.29 is 9.53 Å². The molecule has 0 saturated carbocycles. The normalized spacial score (nSPS) is 18.1. The number of methoxy groups -OCH3 is 1. The minimum absolute atomic E-state index is 0.136. The van der Waals surface area contributed by atoms with Crippen LogP contribution in [0.4, 0.5) is 11.5 Å². The van der Waals surface area contributed by atoms with E-state index < -0.39 is 0 Å². The third-order valence-electron chi connectivity index (χ3n) is 6.10. The third kappa shape index (κ3) is 4.47. The second-order valence-electron chi connectivity index (χ2n) is 8.05. The van der Waals surface area contributed by atoms with Crippen molar-refractivity contribution in [3.63, 3.8) is 0 Å². The zero-order chi connectivity index (χ0) is 20.2. The topological polar surface area (TPSA) is 48.9 Å². The molecule has 0 unspecified atom stereocenters. The number of rotatable bonds is 4. The van der Waals surface area contributed by atoms with Crippen LogP contribution in [0.2, 0.25) is 0 Å². The van der Waals surface area contributed by atoms with Crippen molar-refractivity contribution in [3.05, 3.63) is 48.2 Å². The van der Waals surface area contributed by atoms with E-state index in [4.69, 9.17) is 4.74 Å². The fourth-order valence-corrected chi connectivity index (χ4v) is 4.11. The molecule has 1 amide bonds. The molecule has 154 valence electrons. The molecule has 6 heteroatoms. The SMILES string of the molecule is COc1ccc(N2CCN(c3cc(C(=O)N4CCC(C)CC4)ccn3)CC2)cc1. The number of amides is 1. The second-order valence-corrected chi connectivity index (χ2v) is 8.05. The molecule has 2 saturated heterocycles. The number of anilines is 2. The molecule has 1 aromatic heterocycles. The third-order valence-corrected chi connectivity index (χ3v) is 6.10. The fourth-order valence-electron chi connectivity index (χ4n) is 4.11. The minimum atomic E-state index is 0.136. The fraction of sp³-hybridized carbons (Fsp3) is 0.478. The summed E-state index contributed by atoms with van der Waals surface area (Å²) in [4.78, 5) is 24.1. The first-order valence-electron chi connectivity index (χ1n) is 10.5. The molecule has 1 aromatic carbocycles. The predicted octanol–water partition coefficient (Wildman–Crippen LogP) is 3.29. The Morgan fingerprint density at radius 1 is 0.966 bits per heavy atom. The first-order chi connectivity index (χ1) is 14.1. The Hall–Kier alpha value is -2.76. The monoisotopic (exact) mass is 394 g/mol. The maximum atomic E-state index is 12.9. The highest BCUT2D eigenvalue weighted by Gasteiger charge is 2.23. The summed E-state index contributed by atoms with van der Waals surface area (Å²) >= 11 is 0. The van der Waals surface area contributed by atoms with E-state index in [0.29, 0.717) is 5.92 Å². The molecule has 6 nitrogen and oxygen atoms in total. The van der Waals surface area contributed by atoms with Crippen molar-refractivity contribution in [1.82, 2.24) is 9.88 Å². The largest absolute Gasteiger partial charge is 0.497 e. The number of carbonyl (C=O) groups is 1. The van der Waals surface area contributed by atoms with E-state index in [-0.39, 0.29) is 5.91 Å². The smallest absolute Gasteiger partial charge is 0.254 e. The number of piperidine rings is 1. The van der Waals surface area contributed by atoms with E-state index in [0.717, 1.165) is 69.2 Å². The van der Waals surface area contributed by atoms with Gasteiger partial charge in [0.15, 0.2) is 0 Å². The Morgan fingerprint density at radius 3 is 2.28 bits per heavy atom. The highest BCUT2D eigenvalue weighted by atomic mass is 16.5. The van der Waals surface area contributed by atoms with Crippen LogP contribution in [-0.4, -0.2) is 62.2 Å². The molecule has 4 rings (SSSR count). The number of nitrogens with zero attached hydrogens (tertiary/aromatic N) is 4. The first-order valence-corrected chi connectivity index (χ1v) is 10.5. The highest BCUT2D eigenvalue weighted by molar-refractivity contribution is 5.95. The number of likely N-dealkylation sites (tertiary alicyclic amines) is 1. The van der Waals surface area contributed by atoms with E-state index in [2.05, 4.69) is 33.8 Å². The molecule has 2 aliphatic heterocycles. The maximum absolute atomic E-state index is 12.9. The summed E-state index contributed by atoms with van der Waals surface area (Å²) in [6.07, 6.45) is 3.96. The lowest BCUT2D eigenvalue weighted by Crippen LogP contribution is -2.47. The molecular weight excluding hydrogens is 364 g/mol. The summed E-state index contributed by atoms with van der Waals surface area (Å²) in [7, 11) is 1.69. The summed E-state index contributed by atoms with van der Waals surface area (Å²) < 4.78 is 5.24. The number of pyridine rings is 1. The average molecular weight is 395 g/mol. The van der Waals surface area contributed by atoms with E-state index in [1.54, 1.807) is 13.3 Å². The number of benzene rings is 1. The van der Waals surface area contributed by atoms with Crippen LogP contribution in [0.3, 0.4) is 0 Å². The Labute approximate surface area is 173 Å². The van der Waals surface area contributed by atoms with Crippen LogP contribution in [0.25, 0.3) is 0 Å². The maximum Gasteiger partial charge on any atom is 0.254 e. The number of carbonyl (C=O) groups excluding carboxylic acids is 1. The molecule has 0 atom stereocenters. The molecule has 29 heavy (non-hydrogen) atoms. The summed E-state index contributed by atoms with van der Waals surface area (Å²) in [6.45, 7) is 7.61. The predicted molar refractivity (Wildman–Crippen MR) is 116 cm³/mol. The van der Waals surface area contributed by atoms with Gasteiger partial charge in [-0.05, 0) is 55.2 Å². The minimum Gasteiger partial charge on any atom is -0.497 e. The average Bonchev–Trinajstić information content (AvgIpc) is 2.79. The zero-order valence-electron chi connectivity index (χ0n) is 17.4. The van der Waals surface area contributed by atoms with Crippen molar-refractivity contribution >= 4 is 17.4 Å². The molecule has 3 heterocycles. The lowest BCUT2D eigenvalue weighted by atomic mass is 9.99. The quantitative estimate of drug-likeness (QED) is 0.796. The Kier molecular flexibility index (Phi) is 5.88. The van der Waals surface area contributed by atoms with Gasteiger partial charge in [0.25, 0.3) is 5.91 Å². The van der Waals surface area contributed by atoms with Crippen LogP contribution in [0.5, 0.6) is 5.75 Å². The molecule has 2 aliphatic rings. The van der Waals surface area contributed by atoms with Gasteiger partial charge in [-0.15, -0.1) is 0 Å². The molecule has 0 N–H and O–H groups in total. The molecule has 0 bridgehead atoms. The molecule has 2 fully saturated rings. The molecule has 0 spiro atoms. The van der Waals surface area contributed by atoms with Crippen LogP contribution in [0.15, 0.2) is 42.6 Å². The van der Waals surface area contributed by atoms with Gasteiger partial charge < -0.3 is 19.4 Å². The van der Waals surface area contributed by atoms with E-state index in [9.17, 15) is 4.79 Å². The number of piperazine rings is 1. The van der Waals surface area contributed by atoms with Crippen molar-refractivity contribution in [2.24, 2.45) is 5.92 Å². The van der Waals surface area contributed by atoms with Gasteiger partial charge in [0.2, 0.25) is 0 Å². The number of ether oxygens (including phenoxy) is 1.